The molecule has 0 saturated heterocycles. The number of esters is 1. The SMILES string of the molecule is O=C(O)COC(=O)Cc1ccccc1Nc1c(Cl)cc(OS(=O)(=O)O)cc1Cl. The Bertz CT molecular complexity index is 986. The number of para-hydroxylation sites is 1. The van der Waals surface area contributed by atoms with Crippen LogP contribution in [0.2, 0.25) is 10.0 Å². The van der Waals surface area contributed by atoms with E-state index in [1.807, 2.05) is 0 Å². The fourth-order valence-corrected chi connectivity index (χ4v) is 3.02. The van der Waals surface area contributed by atoms with Crippen LogP contribution < -0.4 is 9.50 Å². The maximum Gasteiger partial charge on any atom is 0.446 e. The number of carboxylic acids is 1. The number of hydrogen-bond donors (Lipinski definition) is 3. The van der Waals surface area contributed by atoms with Gasteiger partial charge >= 0.3 is 22.3 Å². The number of carbonyl (C=O) groups is 2. The van der Waals surface area contributed by atoms with E-state index in [1.165, 1.54) is 0 Å². The lowest BCUT2D eigenvalue weighted by Gasteiger charge is -2.15. The van der Waals surface area contributed by atoms with Gasteiger partial charge in [-0.3, -0.25) is 9.35 Å². The molecule has 2 rings (SSSR count). The number of ether oxygens (including phenoxy) is 1. The molecule has 0 heterocycles. The summed E-state index contributed by atoms with van der Waals surface area (Å²) in [4.78, 5) is 22.2. The Morgan fingerprint density at radius 2 is 1.71 bits per heavy atom. The molecule has 3 N–H and O–H groups in total. The summed E-state index contributed by atoms with van der Waals surface area (Å²) >= 11 is 12.2. The van der Waals surface area contributed by atoms with E-state index in [9.17, 15) is 18.0 Å². The van der Waals surface area contributed by atoms with Gasteiger partial charge in [0.25, 0.3) is 0 Å². The summed E-state index contributed by atoms with van der Waals surface area (Å²) in [6, 6.07) is 8.81. The molecule has 0 atom stereocenters. The van der Waals surface area contributed by atoms with Crippen LogP contribution in [0.5, 0.6) is 5.75 Å². The molecule has 0 aliphatic heterocycles. The third-order valence-corrected chi connectivity index (χ3v) is 4.18. The molecule has 0 aliphatic carbocycles. The number of halogens is 2. The molecule has 12 heteroatoms. The Balaban J connectivity index is 2.24. The zero-order valence-corrected chi connectivity index (χ0v) is 16.2. The summed E-state index contributed by atoms with van der Waals surface area (Å²) in [5.41, 5.74) is 1.10. The van der Waals surface area contributed by atoms with E-state index in [1.54, 1.807) is 24.3 Å². The normalized spacial score (nSPS) is 11.0. The van der Waals surface area contributed by atoms with Crippen LogP contribution in [-0.4, -0.2) is 36.6 Å². The number of benzene rings is 2. The van der Waals surface area contributed by atoms with Gasteiger partial charge in [-0.05, 0) is 11.6 Å². The van der Waals surface area contributed by atoms with E-state index in [0.29, 0.717) is 11.3 Å². The van der Waals surface area contributed by atoms with Gasteiger partial charge in [-0.15, -0.1) is 0 Å². The van der Waals surface area contributed by atoms with E-state index in [2.05, 4.69) is 14.2 Å². The molecule has 2 aromatic carbocycles. The molecule has 9 nitrogen and oxygen atoms in total. The van der Waals surface area contributed by atoms with Crippen molar-refractivity contribution in [2.45, 2.75) is 6.42 Å². The molecule has 0 fully saturated rings. The highest BCUT2D eigenvalue weighted by molar-refractivity contribution is 7.81. The van der Waals surface area contributed by atoms with Crippen LogP contribution in [0.4, 0.5) is 11.4 Å². The van der Waals surface area contributed by atoms with Gasteiger partial charge in [-0.25, -0.2) is 4.79 Å². The van der Waals surface area contributed by atoms with Gasteiger partial charge in [-0.2, -0.15) is 8.42 Å². The van der Waals surface area contributed by atoms with Crippen LogP contribution >= 0.6 is 23.2 Å². The number of aliphatic carboxylic acids is 1. The van der Waals surface area contributed by atoms with E-state index >= 15 is 0 Å². The van der Waals surface area contributed by atoms with E-state index in [-0.39, 0.29) is 27.9 Å². The molecule has 0 aromatic heterocycles. The van der Waals surface area contributed by atoms with E-state index in [0.717, 1.165) is 12.1 Å². The average Bonchev–Trinajstić information content (AvgIpc) is 2.56. The van der Waals surface area contributed by atoms with E-state index < -0.39 is 28.9 Å². The standard InChI is InChI=1S/C16H13Cl2NO8S/c17-11-6-10(27-28(23,24)25)7-12(18)16(11)19-13-4-2-1-3-9(13)5-15(22)26-8-14(20)21/h1-4,6-7,19H,5,8H2,(H,20,21)(H,23,24,25). The molecular formula is C16H13Cl2NO8S. The van der Waals surface area contributed by atoms with E-state index in [4.69, 9.17) is 32.9 Å². The molecule has 0 spiro atoms. The minimum absolute atomic E-state index is 0.0191. The number of nitrogens with one attached hydrogen (secondary N) is 1. The highest BCUT2D eigenvalue weighted by Crippen LogP contribution is 2.37. The van der Waals surface area contributed by atoms with Gasteiger partial charge in [-0.1, -0.05) is 41.4 Å². The van der Waals surface area contributed by atoms with Crippen molar-refractivity contribution in [1.82, 2.24) is 0 Å². The monoisotopic (exact) mass is 449 g/mol. The van der Waals surface area contributed by atoms with Crippen molar-refractivity contribution in [3.63, 3.8) is 0 Å². The van der Waals surface area contributed by atoms with Crippen molar-refractivity contribution in [3.8, 4) is 5.75 Å². The predicted molar refractivity (Wildman–Crippen MR) is 101 cm³/mol. The Labute approximate surface area is 169 Å². The molecule has 0 aliphatic rings. The maximum atomic E-state index is 11.8. The lowest BCUT2D eigenvalue weighted by molar-refractivity contribution is -0.154. The first kappa shape index (κ1) is 21.8. The first-order valence-electron chi connectivity index (χ1n) is 7.43. The summed E-state index contributed by atoms with van der Waals surface area (Å²) in [6.45, 7) is -0.749. The molecule has 0 bridgehead atoms. The highest BCUT2D eigenvalue weighted by Gasteiger charge is 2.16. The largest absolute Gasteiger partial charge is 0.479 e. The Hall–Kier alpha value is -2.53. The molecule has 0 amide bonds. The molecule has 0 saturated carbocycles. The number of carbonyl (C=O) groups excluding carboxylic acids is 1. The summed E-state index contributed by atoms with van der Waals surface area (Å²) in [5.74, 6) is -2.31. The minimum Gasteiger partial charge on any atom is -0.479 e. The Morgan fingerprint density at radius 3 is 2.29 bits per heavy atom. The second kappa shape index (κ2) is 9.11. The van der Waals surface area contributed by atoms with Crippen LogP contribution in [-0.2, 0) is 31.1 Å². The highest BCUT2D eigenvalue weighted by atomic mass is 35.5. The first-order valence-corrected chi connectivity index (χ1v) is 9.55. The molecule has 0 unspecified atom stereocenters. The second-order valence-corrected chi connectivity index (χ2v) is 7.12. The number of rotatable bonds is 8. The Kier molecular flexibility index (Phi) is 7.08. The van der Waals surface area contributed by atoms with Gasteiger partial charge in [0.15, 0.2) is 6.61 Å². The lowest BCUT2D eigenvalue weighted by Crippen LogP contribution is -2.15. The Morgan fingerprint density at radius 1 is 1.11 bits per heavy atom. The van der Waals surface area contributed by atoms with Crippen molar-refractivity contribution in [2.24, 2.45) is 0 Å². The van der Waals surface area contributed by atoms with Gasteiger partial charge in [0, 0.05) is 17.8 Å². The summed E-state index contributed by atoms with van der Waals surface area (Å²) < 4.78 is 39.2. The third kappa shape index (κ3) is 6.57. The molecule has 0 radical (unpaired) electrons. The van der Waals surface area contributed by atoms with Gasteiger partial charge in [0.2, 0.25) is 0 Å². The van der Waals surface area contributed by atoms with Gasteiger partial charge in [0.1, 0.15) is 5.75 Å². The van der Waals surface area contributed by atoms with Crippen molar-refractivity contribution in [1.29, 1.82) is 0 Å². The quantitative estimate of drug-likeness (QED) is 0.409. The van der Waals surface area contributed by atoms with Crippen molar-refractivity contribution >= 4 is 56.9 Å². The molecule has 150 valence electrons. The van der Waals surface area contributed by atoms with Crippen LogP contribution in [0, 0.1) is 0 Å². The third-order valence-electron chi connectivity index (χ3n) is 3.19. The van der Waals surface area contributed by atoms with Crippen LogP contribution in [0.25, 0.3) is 0 Å². The van der Waals surface area contributed by atoms with Gasteiger partial charge < -0.3 is 19.3 Å². The number of hydrogen-bond acceptors (Lipinski definition) is 7. The average molecular weight is 450 g/mol. The first-order chi connectivity index (χ1) is 13.0. The maximum absolute atomic E-state index is 11.8. The minimum atomic E-state index is -4.75. The van der Waals surface area contributed by atoms with Crippen LogP contribution in [0.1, 0.15) is 5.56 Å². The summed E-state index contributed by atoms with van der Waals surface area (Å²) in [6.07, 6.45) is -0.213. The smallest absolute Gasteiger partial charge is 0.446 e. The molecule has 28 heavy (non-hydrogen) atoms. The zero-order valence-electron chi connectivity index (χ0n) is 13.9. The van der Waals surface area contributed by atoms with Crippen molar-refractivity contribution in [2.75, 3.05) is 11.9 Å². The number of anilines is 2. The molecular weight excluding hydrogens is 437 g/mol. The fourth-order valence-electron chi connectivity index (χ4n) is 2.12. The second-order valence-electron chi connectivity index (χ2n) is 5.29. The van der Waals surface area contributed by atoms with Crippen LogP contribution in [0.3, 0.4) is 0 Å². The molecule has 2 aromatic rings. The van der Waals surface area contributed by atoms with Crippen LogP contribution in [0.15, 0.2) is 36.4 Å². The predicted octanol–water partition coefficient (Wildman–Crippen LogP) is 3.09. The van der Waals surface area contributed by atoms with Crippen molar-refractivity contribution in [3.05, 3.63) is 52.0 Å². The number of carboxylic acid groups (broad SMARTS) is 1. The lowest BCUT2D eigenvalue weighted by atomic mass is 10.1. The topological polar surface area (TPSA) is 139 Å². The van der Waals surface area contributed by atoms with Crippen molar-refractivity contribution < 1.29 is 36.6 Å². The summed E-state index contributed by atoms with van der Waals surface area (Å²) in [7, 11) is -4.75. The zero-order chi connectivity index (χ0) is 20.9. The van der Waals surface area contributed by atoms with Gasteiger partial charge in [0.05, 0.1) is 22.2 Å². The fraction of sp³-hybridized carbons (Fsp3) is 0.125. The summed E-state index contributed by atoms with van der Waals surface area (Å²) in [5, 5.41) is 11.4.